The summed E-state index contributed by atoms with van der Waals surface area (Å²) in [6.45, 7) is 4.24. The molecule has 1 aliphatic heterocycles. The van der Waals surface area contributed by atoms with Crippen molar-refractivity contribution in [1.29, 1.82) is 0 Å². The quantitative estimate of drug-likeness (QED) is 0.485. The number of nitrogens with one attached hydrogen (secondary N) is 2. The fourth-order valence-corrected chi connectivity index (χ4v) is 1.11. The molecule has 3 N–H and O–H groups in total. The van der Waals surface area contributed by atoms with Crippen LogP contribution < -0.4 is 10.6 Å². The van der Waals surface area contributed by atoms with Crippen LogP contribution in [0.5, 0.6) is 0 Å². The van der Waals surface area contributed by atoms with Gasteiger partial charge in [-0.2, -0.15) is 0 Å². The first-order chi connectivity index (χ1) is 4.33. The van der Waals surface area contributed by atoms with E-state index in [-0.39, 0.29) is 25.1 Å². The summed E-state index contributed by atoms with van der Waals surface area (Å²) in [4.78, 5) is 0. The molecule has 0 unspecified atom stereocenters. The van der Waals surface area contributed by atoms with Crippen LogP contribution in [0, 0.1) is 0 Å². The second-order valence-electron chi connectivity index (χ2n) is 2.61. The van der Waals surface area contributed by atoms with Gasteiger partial charge < -0.3 is 15.7 Å². The summed E-state index contributed by atoms with van der Waals surface area (Å²) in [5.74, 6) is 0. The smallest absolute Gasteiger partial charge is 0.0597 e. The molecule has 1 rings (SSSR count). The Balaban J connectivity index is 0.000000810. The molecule has 1 heterocycles. The van der Waals surface area contributed by atoms with E-state index in [0.29, 0.717) is 6.04 Å². The third kappa shape index (κ3) is 2.84. The molecular weight excluding hydrogens is 152 g/mol. The van der Waals surface area contributed by atoms with Gasteiger partial charge in [0.05, 0.1) is 6.61 Å². The van der Waals surface area contributed by atoms with Crippen LogP contribution in [0.3, 0.4) is 0 Å². The van der Waals surface area contributed by atoms with Crippen molar-refractivity contribution in [2.24, 2.45) is 0 Å². The van der Waals surface area contributed by atoms with E-state index in [4.69, 9.17) is 5.11 Å². The van der Waals surface area contributed by atoms with Crippen molar-refractivity contribution in [3.8, 4) is 0 Å². The SMILES string of the molecule is C[C@@H]1CNC[C@H](CO)N1.Cl. The summed E-state index contributed by atoms with van der Waals surface area (Å²) in [5.41, 5.74) is 0. The molecule has 0 bridgehead atoms. The molecule has 0 aliphatic carbocycles. The Morgan fingerprint density at radius 2 is 2.20 bits per heavy atom. The van der Waals surface area contributed by atoms with Gasteiger partial charge in [-0.25, -0.2) is 0 Å². The molecular formula is C6H15ClN2O. The Morgan fingerprint density at radius 1 is 1.50 bits per heavy atom. The maximum atomic E-state index is 8.71. The van der Waals surface area contributed by atoms with Crippen LogP contribution in [-0.2, 0) is 0 Å². The molecule has 62 valence electrons. The van der Waals surface area contributed by atoms with Crippen LogP contribution >= 0.6 is 12.4 Å². The Morgan fingerprint density at radius 3 is 2.60 bits per heavy atom. The summed E-state index contributed by atoms with van der Waals surface area (Å²) in [7, 11) is 0. The molecule has 0 saturated carbocycles. The minimum atomic E-state index is 0. The Bertz CT molecular complexity index is 91.8. The van der Waals surface area contributed by atoms with Crippen molar-refractivity contribution in [3.05, 3.63) is 0 Å². The molecule has 3 nitrogen and oxygen atoms in total. The third-order valence-corrected chi connectivity index (χ3v) is 1.58. The summed E-state index contributed by atoms with van der Waals surface area (Å²) in [6.07, 6.45) is 0. The highest BCUT2D eigenvalue weighted by atomic mass is 35.5. The number of piperazine rings is 1. The average Bonchev–Trinajstić information content (AvgIpc) is 1.88. The highest BCUT2D eigenvalue weighted by Gasteiger charge is 2.14. The Hall–Kier alpha value is 0.170. The average molecular weight is 167 g/mol. The lowest BCUT2D eigenvalue weighted by molar-refractivity contribution is 0.211. The van der Waals surface area contributed by atoms with Crippen molar-refractivity contribution in [3.63, 3.8) is 0 Å². The van der Waals surface area contributed by atoms with Crippen LogP contribution in [-0.4, -0.2) is 36.9 Å². The maximum absolute atomic E-state index is 8.71. The number of hydrogen-bond acceptors (Lipinski definition) is 3. The van der Waals surface area contributed by atoms with Crippen LogP contribution in [0.4, 0.5) is 0 Å². The normalized spacial score (nSPS) is 33.0. The van der Waals surface area contributed by atoms with E-state index in [1.807, 2.05) is 0 Å². The highest BCUT2D eigenvalue weighted by molar-refractivity contribution is 5.85. The van der Waals surface area contributed by atoms with Crippen LogP contribution in [0.2, 0.25) is 0 Å². The molecule has 1 saturated heterocycles. The predicted octanol–water partition coefficient (Wildman–Crippen LogP) is -0.650. The fraction of sp³-hybridized carbons (Fsp3) is 1.00. The minimum absolute atomic E-state index is 0. The zero-order chi connectivity index (χ0) is 6.69. The zero-order valence-corrected chi connectivity index (χ0v) is 6.95. The predicted molar refractivity (Wildman–Crippen MR) is 43.6 cm³/mol. The molecule has 0 radical (unpaired) electrons. The molecule has 1 fully saturated rings. The molecule has 0 aromatic heterocycles. The summed E-state index contributed by atoms with van der Waals surface area (Å²) in [5, 5.41) is 15.2. The number of aliphatic hydroxyl groups excluding tert-OH is 1. The molecule has 0 aromatic rings. The number of hydrogen-bond donors (Lipinski definition) is 3. The van der Waals surface area contributed by atoms with Crippen molar-refractivity contribution >= 4 is 12.4 Å². The van der Waals surface area contributed by atoms with Gasteiger partial charge in [0.1, 0.15) is 0 Å². The highest BCUT2D eigenvalue weighted by Crippen LogP contribution is 1.90. The molecule has 0 aromatic carbocycles. The van der Waals surface area contributed by atoms with Gasteiger partial charge in [-0.05, 0) is 6.92 Å². The van der Waals surface area contributed by atoms with Gasteiger partial charge in [0.25, 0.3) is 0 Å². The molecule has 2 atom stereocenters. The first-order valence-electron chi connectivity index (χ1n) is 3.40. The summed E-state index contributed by atoms with van der Waals surface area (Å²) < 4.78 is 0. The lowest BCUT2D eigenvalue weighted by atomic mass is 10.2. The van der Waals surface area contributed by atoms with E-state index >= 15 is 0 Å². The first-order valence-corrected chi connectivity index (χ1v) is 3.40. The van der Waals surface area contributed by atoms with Crippen LogP contribution in [0.25, 0.3) is 0 Å². The van der Waals surface area contributed by atoms with Crippen molar-refractivity contribution in [1.82, 2.24) is 10.6 Å². The van der Waals surface area contributed by atoms with Gasteiger partial charge in [0, 0.05) is 25.2 Å². The monoisotopic (exact) mass is 166 g/mol. The lowest BCUT2D eigenvalue weighted by Gasteiger charge is -2.28. The van der Waals surface area contributed by atoms with Gasteiger partial charge in [0.15, 0.2) is 0 Å². The molecule has 0 amide bonds. The molecule has 0 spiro atoms. The Labute approximate surface area is 67.6 Å². The fourth-order valence-electron chi connectivity index (χ4n) is 1.11. The van der Waals surface area contributed by atoms with E-state index in [1.54, 1.807) is 0 Å². The first kappa shape index (κ1) is 10.2. The largest absolute Gasteiger partial charge is 0.395 e. The minimum Gasteiger partial charge on any atom is -0.395 e. The van der Waals surface area contributed by atoms with Gasteiger partial charge >= 0.3 is 0 Å². The van der Waals surface area contributed by atoms with Crippen molar-refractivity contribution in [2.75, 3.05) is 19.7 Å². The number of aliphatic hydroxyl groups is 1. The van der Waals surface area contributed by atoms with Gasteiger partial charge in [-0.3, -0.25) is 0 Å². The van der Waals surface area contributed by atoms with E-state index in [2.05, 4.69) is 17.6 Å². The Kier molecular flexibility index (Phi) is 4.99. The van der Waals surface area contributed by atoms with E-state index in [9.17, 15) is 0 Å². The zero-order valence-electron chi connectivity index (χ0n) is 6.13. The van der Waals surface area contributed by atoms with Crippen molar-refractivity contribution in [2.45, 2.75) is 19.0 Å². The van der Waals surface area contributed by atoms with Gasteiger partial charge in [-0.15, -0.1) is 12.4 Å². The summed E-state index contributed by atoms with van der Waals surface area (Å²) >= 11 is 0. The van der Waals surface area contributed by atoms with E-state index < -0.39 is 0 Å². The van der Waals surface area contributed by atoms with E-state index in [0.717, 1.165) is 13.1 Å². The lowest BCUT2D eigenvalue weighted by Crippen LogP contribution is -2.54. The van der Waals surface area contributed by atoms with Gasteiger partial charge in [-0.1, -0.05) is 0 Å². The van der Waals surface area contributed by atoms with Crippen molar-refractivity contribution < 1.29 is 5.11 Å². The standard InChI is InChI=1S/C6H14N2O.ClH/c1-5-2-7-3-6(4-9)8-5;/h5-9H,2-4H2,1H3;1H/t5-,6-;/m1./s1. The molecule has 4 heteroatoms. The van der Waals surface area contributed by atoms with E-state index in [1.165, 1.54) is 0 Å². The summed E-state index contributed by atoms with van der Waals surface area (Å²) in [6, 6.07) is 0.754. The van der Waals surface area contributed by atoms with Crippen LogP contribution in [0.1, 0.15) is 6.92 Å². The second kappa shape index (κ2) is 4.91. The van der Waals surface area contributed by atoms with Gasteiger partial charge in [0.2, 0.25) is 0 Å². The van der Waals surface area contributed by atoms with Crippen LogP contribution in [0.15, 0.2) is 0 Å². The number of rotatable bonds is 1. The second-order valence-corrected chi connectivity index (χ2v) is 2.61. The maximum Gasteiger partial charge on any atom is 0.0597 e. The third-order valence-electron chi connectivity index (χ3n) is 1.58. The molecule has 1 aliphatic rings. The topological polar surface area (TPSA) is 44.3 Å². The number of halogens is 1. The molecule has 10 heavy (non-hydrogen) atoms.